The lowest BCUT2D eigenvalue weighted by atomic mass is 10.0. The van der Waals surface area contributed by atoms with Crippen LogP contribution in [0.1, 0.15) is 0 Å². The standard InChI is InChI=1S/C16H10FN3O/c17-15-9-11(8-14-13(15)2-4-18-16(14)21)10-3-6-20-12(7-10)1-5-19-20/h1-9H,(H,18,21). The van der Waals surface area contributed by atoms with Crippen molar-refractivity contribution < 1.29 is 4.39 Å². The number of nitrogens with one attached hydrogen (secondary N) is 1. The van der Waals surface area contributed by atoms with Gasteiger partial charge >= 0.3 is 0 Å². The Kier molecular flexibility index (Phi) is 2.41. The molecule has 4 rings (SSSR count). The molecule has 4 aromatic rings. The molecule has 0 radical (unpaired) electrons. The minimum atomic E-state index is -0.401. The monoisotopic (exact) mass is 279 g/mol. The third-order valence-electron chi connectivity index (χ3n) is 3.57. The van der Waals surface area contributed by atoms with Crippen molar-refractivity contribution in [1.29, 1.82) is 0 Å². The van der Waals surface area contributed by atoms with Gasteiger partial charge in [-0.2, -0.15) is 5.10 Å². The Balaban J connectivity index is 2.01. The molecule has 0 saturated heterocycles. The van der Waals surface area contributed by atoms with Crippen LogP contribution in [0.5, 0.6) is 0 Å². The van der Waals surface area contributed by atoms with Crippen LogP contribution >= 0.6 is 0 Å². The summed E-state index contributed by atoms with van der Waals surface area (Å²) in [6.45, 7) is 0. The summed E-state index contributed by atoms with van der Waals surface area (Å²) in [5.74, 6) is -0.401. The van der Waals surface area contributed by atoms with Crippen LogP contribution in [-0.4, -0.2) is 14.6 Å². The summed E-state index contributed by atoms with van der Waals surface area (Å²) < 4.78 is 15.9. The molecule has 1 aromatic carbocycles. The van der Waals surface area contributed by atoms with Gasteiger partial charge in [-0.25, -0.2) is 8.91 Å². The molecule has 0 fully saturated rings. The van der Waals surface area contributed by atoms with E-state index in [-0.39, 0.29) is 5.56 Å². The van der Waals surface area contributed by atoms with E-state index in [1.165, 1.54) is 12.3 Å². The van der Waals surface area contributed by atoms with Crippen molar-refractivity contribution in [2.45, 2.75) is 0 Å². The van der Waals surface area contributed by atoms with E-state index >= 15 is 0 Å². The SMILES string of the molecule is O=c1[nH]ccc2c(F)cc(-c3ccn4nccc4c3)cc12. The van der Waals surface area contributed by atoms with Crippen LogP contribution in [0, 0.1) is 5.82 Å². The Labute approximate surface area is 118 Å². The predicted molar refractivity (Wildman–Crippen MR) is 78.7 cm³/mol. The zero-order chi connectivity index (χ0) is 14.4. The van der Waals surface area contributed by atoms with Crippen molar-refractivity contribution in [3.63, 3.8) is 0 Å². The molecular formula is C16H10FN3O. The van der Waals surface area contributed by atoms with Gasteiger partial charge in [-0.15, -0.1) is 0 Å². The highest BCUT2D eigenvalue weighted by Gasteiger charge is 2.08. The first-order chi connectivity index (χ1) is 10.2. The Morgan fingerprint density at radius 2 is 1.95 bits per heavy atom. The minimum Gasteiger partial charge on any atom is -0.329 e. The van der Waals surface area contributed by atoms with Gasteiger partial charge in [0.1, 0.15) is 5.82 Å². The molecule has 0 aliphatic rings. The Morgan fingerprint density at radius 1 is 1.05 bits per heavy atom. The van der Waals surface area contributed by atoms with Gasteiger partial charge < -0.3 is 4.98 Å². The van der Waals surface area contributed by atoms with E-state index in [1.54, 1.807) is 22.8 Å². The summed E-state index contributed by atoms with van der Waals surface area (Å²) >= 11 is 0. The molecule has 0 aliphatic heterocycles. The molecule has 3 heterocycles. The van der Waals surface area contributed by atoms with Gasteiger partial charge in [0.05, 0.1) is 10.9 Å². The number of aromatic nitrogens is 3. The number of H-pyrrole nitrogens is 1. The van der Waals surface area contributed by atoms with Crippen molar-refractivity contribution >= 4 is 16.3 Å². The highest BCUT2D eigenvalue weighted by molar-refractivity contribution is 5.87. The molecule has 0 unspecified atom stereocenters. The molecule has 5 heteroatoms. The number of hydrogen-bond donors (Lipinski definition) is 1. The van der Waals surface area contributed by atoms with E-state index in [0.717, 1.165) is 11.1 Å². The van der Waals surface area contributed by atoms with E-state index in [2.05, 4.69) is 10.1 Å². The summed E-state index contributed by atoms with van der Waals surface area (Å²) in [6.07, 6.45) is 4.96. The molecule has 1 N–H and O–H groups in total. The lowest BCUT2D eigenvalue weighted by Crippen LogP contribution is -2.05. The highest BCUT2D eigenvalue weighted by Crippen LogP contribution is 2.26. The number of benzene rings is 1. The number of rotatable bonds is 1. The van der Waals surface area contributed by atoms with Gasteiger partial charge in [-0.1, -0.05) is 0 Å². The molecule has 0 saturated carbocycles. The van der Waals surface area contributed by atoms with E-state index in [4.69, 9.17) is 0 Å². The summed E-state index contributed by atoms with van der Waals surface area (Å²) in [5, 5.41) is 4.80. The Morgan fingerprint density at radius 3 is 2.86 bits per heavy atom. The molecule has 0 spiro atoms. The van der Waals surface area contributed by atoms with Gasteiger partial charge in [0.15, 0.2) is 0 Å². The van der Waals surface area contributed by atoms with Crippen LogP contribution in [0.3, 0.4) is 0 Å². The van der Waals surface area contributed by atoms with Gasteiger partial charge in [0.2, 0.25) is 0 Å². The molecule has 3 aromatic heterocycles. The first-order valence-electron chi connectivity index (χ1n) is 6.47. The quantitative estimate of drug-likeness (QED) is 0.582. The summed E-state index contributed by atoms with van der Waals surface area (Å²) in [4.78, 5) is 14.4. The largest absolute Gasteiger partial charge is 0.329 e. The Bertz CT molecular complexity index is 1030. The maximum Gasteiger partial charge on any atom is 0.255 e. The van der Waals surface area contributed by atoms with Crippen molar-refractivity contribution in [2.24, 2.45) is 0 Å². The first kappa shape index (κ1) is 11.8. The smallest absolute Gasteiger partial charge is 0.255 e. The fourth-order valence-corrected chi connectivity index (χ4v) is 2.52. The number of hydrogen-bond acceptors (Lipinski definition) is 2. The lowest BCUT2D eigenvalue weighted by Gasteiger charge is -2.06. The Hall–Kier alpha value is -2.95. The van der Waals surface area contributed by atoms with E-state index < -0.39 is 5.82 Å². The fraction of sp³-hybridized carbons (Fsp3) is 0. The molecule has 102 valence electrons. The van der Waals surface area contributed by atoms with Crippen molar-refractivity contribution in [2.75, 3.05) is 0 Å². The second kappa shape index (κ2) is 4.28. The molecule has 0 aliphatic carbocycles. The van der Waals surface area contributed by atoms with E-state index in [1.807, 2.05) is 24.4 Å². The number of fused-ring (bicyclic) bond motifs is 2. The van der Waals surface area contributed by atoms with Crippen LogP contribution in [-0.2, 0) is 0 Å². The molecule has 0 atom stereocenters. The summed E-state index contributed by atoms with van der Waals surface area (Å²) in [6, 6.07) is 10.3. The number of pyridine rings is 2. The molecule has 21 heavy (non-hydrogen) atoms. The number of halogens is 1. The van der Waals surface area contributed by atoms with Crippen molar-refractivity contribution in [3.05, 3.63) is 71.2 Å². The topological polar surface area (TPSA) is 50.2 Å². The molecule has 0 amide bonds. The zero-order valence-corrected chi connectivity index (χ0v) is 10.9. The van der Waals surface area contributed by atoms with Crippen LogP contribution in [0.2, 0.25) is 0 Å². The zero-order valence-electron chi connectivity index (χ0n) is 10.9. The van der Waals surface area contributed by atoms with Gasteiger partial charge in [-0.3, -0.25) is 4.79 Å². The average molecular weight is 279 g/mol. The summed E-state index contributed by atoms with van der Waals surface area (Å²) in [5.41, 5.74) is 2.13. The average Bonchev–Trinajstić information content (AvgIpc) is 2.95. The van der Waals surface area contributed by atoms with Crippen LogP contribution < -0.4 is 5.56 Å². The minimum absolute atomic E-state index is 0.293. The van der Waals surface area contributed by atoms with Crippen LogP contribution in [0.15, 0.2) is 59.8 Å². The third kappa shape index (κ3) is 1.82. The van der Waals surface area contributed by atoms with Gasteiger partial charge in [0, 0.05) is 24.0 Å². The normalized spacial score (nSPS) is 11.3. The lowest BCUT2D eigenvalue weighted by molar-refractivity contribution is 0.640. The second-order valence-electron chi connectivity index (χ2n) is 4.84. The maximum atomic E-state index is 14.2. The maximum absolute atomic E-state index is 14.2. The van der Waals surface area contributed by atoms with Gasteiger partial charge in [-0.05, 0) is 47.5 Å². The summed E-state index contributed by atoms with van der Waals surface area (Å²) in [7, 11) is 0. The molecule has 0 bridgehead atoms. The second-order valence-corrected chi connectivity index (χ2v) is 4.84. The van der Waals surface area contributed by atoms with Gasteiger partial charge in [0.25, 0.3) is 5.56 Å². The van der Waals surface area contributed by atoms with E-state index in [9.17, 15) is 9.18 Å². The van der Waals surface area contributed by atoms with Crippen molar-refractivity contribution in [1.82, 2.24) is 14.6 Å². The molecular weight excluding hydrogens is 269 g/mol. The van der Waals surface area contributed by atoms with E-state index in [0.29, 0.717) is 16.3 Å². The number of aromatic amines is 1. The first-order valence-corrected chi connectivity index (χ1v) is 6.47. The predicted octanol–water partition coefficient (Wildman–Crippen LogP) is 2.98. The highest BCUT2D eigenvalue weighted by atomic mass is 19.1. The van der Waals surface area contributed by atoms with Crippen molar-refractivity contribution in [3.8, 4) is 11.1 Å². The van der Waals surface area contributed by atoms with Crippen LogP contribution in [0.4, 0.5) is 4.39 Å². The fourth-order valence-electron chi connectivity index (χ4n) is 2.52. The number of nitrogens with zero attached hydrogens (tertiary/aromatic N) is 2. The third-order valence-corrected chi connectivity index (χ3v) is 3.57. The van der Waals surface area contributed by atoms with Crippen LogP contribution in [0.25, 0.3) is 27.4 Å². The molecule has 4 nitrogen and oxygen atoms in total.